The molecule has 0 bridgehead atoms. The molecule has 3 aromatic carbocycles. The minimum absolute atomic E-state index is 0.791. The average molecular weight is 514 g/mol. The lowest BCUT2D eigenvalue weighted by atomic mass is 9.75. The Labute approximate surface area is 226 Å². The van der Waals surface area contributed by atoms with E-state index in [9.17, 15) is 10.2 Å². The van der Waals surface area contributed by atoms with Crippen LogP contribution in [0.2, 0.25) is 0 Å². The van der Waals surface area contributed by atoms with Crippen LogP contribution >= 0.6 is 11.3 Å². The molecule has 0 aliphatic rings. The third-order valence-corrected chi connectivity index (χ3v) is 8.77. The van der Waals surface area contributed by atoms with Crippen molar-refractivity contribution in [2.45, 2.75) is 77.8 Å². The van der Waals surface area contributed by atoms with Crippen LogP contribution in [0.25, 0.3) is 31.3 Å². The number of thiophene rings is 1. The summed E-state index contributed by atoms with van der Waals surface area (Å²) in [7, 11) is 3.39. The molecule has 4 rings (SSSR count). The molecule has 0 unspecified atom stereocenters. The maximum atomic E-state index is 10.5. The van der Waals surface area contributed by atoms with Crippen molar-refractivity contribution in [2.75, 3.05) is 0 Å². The predicted octanol–water partition coefficient (Wildman–Crippen LogP) is 5.34. The van der Waals surface area contributed by atoms with Gasteiger partial charge < -0.3 is 19.5 Å². The van der Waals surface area contributed by atoms with E-state index in [0.29, 0.717) is 0 Å². The first kappa shape index (κ1) is 27.9. The molecule has 0 saturated carbocycles. The second-order valence-electron chi connectivity index (χ2n) is 11.8. The van der Waals surface area contributed by atoms with Crippen LogP contribution in [0.15, 0.2) is 60.7 Å². The lowest BCUT2D eigenvalue weighted by molar-refractivity contribution is -0.0893. The second-order valence-corrected chi connectivity index (χ2v) is 12.9. The molecule has 0 aliphatic heterocycles. The monoisotopic (exact) mass is 514 g/mol. The van der Waals surface area contributed by atoms with Crippen LogP contribution in [-0.2, 0) is 9.31 Å². The number of hydrogen-bond donors (Lipinski definition) is 2. The summed E-state index contributed by atoms with van der Waals surface area (Å²) in [5, 5.41) is 23.6. The lowest BCUT2D eigenvalue weighted by Crippen LogP contribution is -2.50. The number of rotatable bonds is 9. The molecule has 2 radical (unpaired) electrons. The highest BCUT2D eigenvalue weighted by Gasteiger charge is 2.37. The van der Waals surface area contributed by atoms with E-state index in [1.54, 1.807) is 54.0 Å². The van der Waals surface area contributed by atoms with E-state index in [-0.39, 0.29) is 0 Å². The Hall–Kier alpha value is -2.15. The van der Waals surface area contributed by atoms with Crippen molar-refractivity contribution < 1.29 is 19.5 Å². The van der Waals surface area contributed by atoms with Gasteiger partial charge in [-0.1, -0.05) is 53.4 Å². The van der Waals surface area contributed by atoms with E-state index >= 15 is 0 Å². The van der Waals surface area contributed by atoms with Gasteiger partial charge in [0.15, 0.2) is 0 Å². The molecule has 0 amide bonds. The zero-order valence-electron chi connectivity index (χ0n) is 23.0. The highest BCUT2D eigenvalue weighted by atomic mass is 32.1. The third-order valence-electron chi connectivity index (χ3n) is 7.61. The van der Waals surface area contributed by atoms with Gasteiger partial charge in [0.05, 0.1) is 22.4 Å². The van der Waals surface area contributed by atoms with Crippen LogP contribution in [0.5, 0.6) is 0 Å². The van der Waals surface area contributed by atoms with E-state index in [4.69, 9.17) is 9.31 Å². The van der Waals surface area contributed by atoms with E-state index in [1.807, 2.05) is 33.8 Å². The Kier molecular flexibility index (Phi) is 7.43. The zero-order valence-corrected chi connectivity index (χ0v) is 23.9. The fraction of sp³-hybridized carbons (Fsp3) is 0.400. The molecule has 0 saturated heterocycles. The molecular weight excluding hydrogens is 478 g/mol. The summed E-state index contributed by atoms with van der Waals surface area (Å²) in [5.74, 6) is 0. The van der Waals surface area contributed by atoms with Crippen molar-refractivity contribution in [3.05, 3.63) is 60.7 Å². The van der Waals surface area contributed by atoms with Gasteiger partial charge in [-0.2, -0.15) is 0 Å². The molecular formula is C30H36B2O4S. The minimum atomic E-state index is -1.03. The lowest BCUT2D eigenvalue weighted by Gasteiger charge is -2.38. The largest absolute Gasteiger partial charge is 0.427 e. The van der Waals surface area contributed by atoms with Gasteiger partial charge in [0.1, 0.15) is 0 Å². The van der Waals surface area contributed by atoms with Crippen LogP contribution in [0.3, 0.4) is 0 Å². The summed E-state index contributed by atoms with van der Waals surface area (Å²) in [6, 6.07) is 21.2. The van der Waals surface area contributed by atoms with Crippen molar-refractivity contribution in [1.29, 1.82) is 0 Å². The van der Waals surface area contributed by atoms with E-state index in [0.717, 1.165) is 22.1 Å². The third kappa shape index (κ3) is 5.97. The number of fused-ring (bicyclic) bond motifs is 3. The second kappa shape index (κ2) is 9.87. The standard InChI is InChI=1S/C30H36B2O4S/c1-27(2,33)29(5,6)35-31-21-15-20(16-22(18-21)32-36-30(7,8)28(3,4)34)19-13-14-26-24(17-19)23-11-9-10-12-25(23)37-26/h9-18,33-34H,1-8H3. The Morgan fingerprint density at radius 3 is 1.65 bits per heavy atom. The SMILES string of the molecule is CC(C)(O)C(C)(C)O[B]c1cc([B]OC(C)(C)C(C)(C)O)cc(-c2ccc3sc4ccccc4c3c2)c1. The zero-order chi connectivity index (χ0) is 27.2. The van der Waals surface area contributed by atoms with Crippen LogP contribution in [0.4, 0.5) is 0 Å². The Bertz CT molecular complexity index is 1360. The van der Waals surface area contributed by atoms with Crippen molar-refractivity contribution >= 4 is 57.4 Å². The molecule has 0 spiro atoms. The molecule has 0 atom stereocenters. The van der Waals surface area contributed by atoms with Crippen LogP contribution in [0, 0.1) is 0 Å². The molecule has 4 aromatic rings. The maximum Gasteiger partial charge on any atom is 0.330 e. The number of aliphatic hydroxyl groups is 2. The molecule has 7 heteroatoms. The number of benzene rings is 3. The molecule has 192 valence electrons. The van der Waals surface area contributed by atoms with Gasteiger partial charge in [0.25, 0.3) is 0 Å². The van der Waals surface area contributed by atoms with Crippen molar-refractivity contribution in [3.63, 3.8) is 0 Å². The van der Waals surface area contributed by atoms with E-state index in [1.165, 1.54) is 20.2 Å². The first-order chi connectivity index (χ1) is 17.1. The normalized spacial score (nSPS) is 13.4. The van der Waals surface area contributed by atoms with Gasteiger partial charge in [-0.3, -0.25) is 0 Å². The number of hydrogen-bond acceptors (Lipinski definition) is 5. The van der Waals surface area contributed by atoms with Crippen molar-refractivity contribution in [1.82, 2.24) is 0 Å². The highest BCUT2D eigenvalue weighted by Crippen LogP contribution is 2.36. The predicted molar refractivity (Wildman–Crippen MR) is 158 cm³/mol. The van der Waals surface area contributed by atoms with Crippen molar-refractivity contribution in [3.8, 4) is 11.1 Å². The topological polar surface area (TPSA) is 58.9 Å². The van der Waals surface area contributed by atoms with Gasteiger partial charge in [-0.25, -0.2) is 0 Å². The summed E-state index contributed by atoms with van der Waals surface area (Å²) in [5.41, 5.74) is 0.168. The maximum absolute atomic E-state index is 10.5. The summed E-state index contributed by atoms with van der Waals surface area (Å²) in [6.45, 7) is 14.4. The molecule has 2 N–H and O–H groups in total. The summed E-state index contributed by atoms with van der Waals surface area (Å²) in [4.78, 5) is 0. The van der Waals surface area contributed by atoms with Crippen LogP contribution < -0.4 is 10.9 Å². The highest BCUT2D eigenvalue weighted by molar-refractivity contribution is 7.25. The fourth-order valence-electron chi connectivity index (χ4n) is 3.60. The first-order valence-corrected chi connectivity index (χ1v) is 13.4. The smallest absolute Gasteiger partial charge is 0.330 e. The summed E-state index contributed by atoms with van der Waals surface area (Å²) < 4.78 is 14.7. The molecule has 0 aliphatic carbocycles. The quantitative estimate of drug-likeness (QED) is 0.296. The van der Waals surface area contributed by atoms with Crippen LogP contribution in [0.1, 0.15) is 55.4 Å². The van der Waals surface area contributed by atoms with Gasteiger partial charge in [-0.05, 0) is 84.7 Å². The Morgan fingerprint density at radius 2 is 1.11 bits per heavy atom. The molecule has 37 heavy (non-hydrogen) atoms. The summed E-state index contributed by atoms with van der Waals surface area (Å²) in [6.07, 6.45) is 0. The summed E-state index contributed by atoms with van der Waals surface area (Å²) >= 11 is 1.80. The van der Waals surface area contributed by atoms with Gasteiger partial charge in [0.2, 0.25) is 0 Å². The van der Waals surface area contributed by atoms with Crippen molar-refractivity contribution in [2.24, 2.45) is 0 Å². The Balaban J connectivity index is 1.73. The van der Waals surface area contributed by atoms with Gasteiger partial charge in [0, 0.05) is 20.2 Å². The molecule has 1 heterocycles. The molecule has 1 aromatic heterocycles. The van der Waals surface area contributed by atoms with E-state index < -0.39 is 22.4 Å². The first-order valence-electron chi connectivity index (χ1n) is 12.6. The minimum Gasteiger partial charge on any atom is -0.427 e. The molecule has 4 nitrogen and oxygen atoms in total. The molecule has 0 fully saturated rings. The fourth-order valence-corrected chi connectivity index (χ4v) is 4.69. The van der Waals surface area contributed by atoms with Gasteiger partial charge in [-0.15, -0.1) is 11.3 Å². The van der Waals surface area contributed by atoms with E-state index in [2.05, 4.69) is 54.6 Å². The van der Waals surface area contributed by atoms with Gasteiger partial charge >= 0.3 is 15.0 Å². The Morgan fingerprint density at radius 1 is 0.595 bits per heavy atom. The van der Waals surface area contributed by atoms with Crippen LogP contribution in [-0.4, -0.2) is 47.6 Å². The average Bonchev–Trinajstić information content (AvgIpc) is 3.18.